The van der Waals surface area contributed by atoms with E-state index in [4.69, 9.17) is 0 Å². The molecule has 1 rings (SSSR count). The Kier molecular flexibility index (Phi) is 5.77. The first kappa shape index (κ1) is 14.0. The molecule has 0 amide bonds. The molecule has 96 valence electrons. The van der Waals surface area contributed by atoms with E-state index in [0.717, 1.165) is 12.5 Å². The Labute approximate surface area is 101 Å². The third-order valence-corrected chi connectivity index (χ3v) is 4.00. The van der Waals surface area contributed by atoms with Crippen LogP contribution in [0.1, 0.15) is 59.3 Å². The lowest BCUT2D eigenvalue weighted by atomic mass is 9.87. The first-order chi connectivity index (χ1) is 7.58. The summed E-state index contributed by atoms with van der Waals surface area (Å²) in [7, 11) is 0. The van der Waals surface area contributed by atoms with Crippen molar-refractivity contribution >= 4 is 0 Å². The number of rotatable bonds is 7. The molecule has 1 unspecified atom stereocenters. The maximum absolute atomic E-state index is 9.51. The van der Waals surface area contributed by atoms with Crippen molar-refractivity contribution in [2.45, 2.75) is 65.3 Å². The zero-order valence-corrected chi connectivity index (χ0v) is 11.3. The fourth-order valence-corrected chi connectivity index (χ4v) is 2.59. The quantitative estimate of drug-likeness (QED) is 0.701. The number of aliphatic hydroxyl groups excluding tert-OH is 1. The van der Waals surface area contributed by atoms with Gasteiger partial charge in [0.1, 0.15) is 0 Å². The van der Waals surface area contributed by atoms with Crippen molar-refractivity contribution in [3.63, 3.8) is 0 Å². The van der Waals surface area contributed by atoms with Crippen LogP contribution in [0.25, 0.3) is 0 Å². The second-order valence-electron chi connectivity index (χ2n) is 6.12. The fraction of sp³-hybridized carbons (Fsp3) is 1.00. The highest BCUT2D eigenvalue weighted by molar-refractivity contribution is 4.86. The van der Waals surface area contributed by atoms with Crippen LogP contribution in [0.3, 0.4) is 0 Å². The molecular formula is C14H29NO. The van der Waals surface area contributed by atoms with E-state index in [1.165, 1.54) is 38.5 Å². The lowest BCUT2D eigenvalue weighted by Gasteiger charge is -2.29. The maximum Gasteiger partial charge on any atom is 0.0499 e. The van der Waals surface area contributed by atoms with Crippen LogP contribution >= 0.6 is 0 Å². The molecule has 0 radical (unpaired) electrons. The van der Waals surface area contributed by atoms with Crippen LogP contribution in [-0.2, 0) is 0 Å². The maximum atomic E-state index is 9.51. The minimum absolute atomic E-state index is 0.200. The molecule has 1 fully saturated rings. The van der Waals surface area contributed by atoms with E-state index < -0.39 is 0 Å². The average Bonchev–Trinajstić information content (AvgIpc) is 2.73. The smallest absolute Gasteiger partial charge is 0.0499 e. The van der Waals surface area contributed by atoms with Gasteiger partial charge in [-0.05, 0) is 38.5 Å². The predicted molar refractivity (Wildman–Crippen MR) is 69.5 cm³/mol. The Bertz CT molecular complexity index is 185. The first-order valence-corrected chi connectivity index (χ1v) is 6.92. The molecule has 2 nitrogen and oxygen atoms in total. The van der Waals surface area contributed by atoms with Gasteiger partial charge in [-0.25, -0.2) is 0 Å². The van der Waals surface area contributed by atoms with E-state index in [0.29, 0.717) is 12.6 Å². The summed E-state index contributed by atoms with van der Waals surface area (Å²) in [5.41, 5.74) is 0.200. The van der Waals surface area contributed by atoms with Crippen molar-refractivity contribution in [1.82, 2.24) is 5.32 Å². The minimum atomic E-state index is 0.200. The monoisotopic (exact) mass is 227 g/mol. The summed E-state index contributed by atoms with van der Waals surface area (Å²) in [6.07, 6.45) is 7.53. The van der Waals surface area contributed by atoms with Gasteiger partial charge in [0.15, 0.2) is 0 Å². The van der Waals surface area contributed by atoms with Crippen LogP contribution < -0.4 is 5.32 Å². The van der Waals surface area contributed by atoms with E-state index >= 15 is 0 Å². The molecule has 1 aliphatic carbocycles. The van der Waals surface area contributed by atoms with Crippen LogP contribution in [0, 0.1) is 11.3 Å². The molecule has 0 bridgehead atoms. The van der Waals surface area contributed by atoms with Gasteiger partial charge in [-0.15, -0.1) is 0 Å². The van der Waals surface area contributed by atoms with Crippen LogP contribution in [0.5, 0.6) is 0 Å². The zero-order valence-electron chi connectivity index (χ0n) is 11.3. The summed E-state index contributed by atoms with van der Waals surface area (Å²) >= 11 is 0. The van der Waals surface area contributed by atoms with Crippen molar-refractivity contribution in [2.75, 3.05) is 13.2 Å². The summed E-state index contributed by atoms with van der Waals surface area (Å²) in [5.74, 6) is 0.794. The topological polar surface area (TPSA) is 32.3 Å². The van der Waals surface area contributed by atoms with Crippen LogP contribution in [0.15, 0.2) is 0 Å². The molecule has 0 aromatic carbocycles. The zero-order chi connectivity index (χ0) is 12.0. The number of aliphatic hydroxyl groups is 1. The van der Waals surface area contributed by atoms with Gasteiger partial charge in [0.2, 0.25) is 0 Å². The van der Waals surface area contributed by atoms with Gasteiger partial charge in [-0.1, -0.05) is 26.7 Å². The largest absolute Gasteiger partial charge is 0.396 e. The lowest BCUT2D eigenvalue weighted by Crippen LogP contribution is -2.39. The van der Waals surface area contributed by atoms with Gasteiger partial charge < -0.3 is 10.4 Å². The first-order valence-electron chi connectivity index (χ1n) is 6.92. The lowest BCUT2D eigenvalue weighted by molar-refractivity contribution is 0.124. The van der Waals surface area contributed by atoms with Gasteiger partial charge >= 0.3 is 0 Å². The molecule has 0 aromatic heterocycles. The summed E-state index contributed by atoms with van der Waals surface area (Å²) in [6, 6.07) is 0.589. The van der Waals surface area contributed by atoms with Crippen molar-refractivity contribution in [2.24, 2.45) is 11.3 Å². The van der Waals surface area contributed by atoms with Gasteiger partial charge in [-0.2, -0.15) is 0 Å². The Morgan fingerprint density at radius 3 is 2.25 bits per heavy atom. The molecule has 2 N–H and O–H groups in total. The van der Waals surface area contributed by atoms with Crippen LogP contribution in [0.2, 0.25) is 0 Å². The predicted octanol–water partition coefficient (Wildman–Crippen LogP) is 2.95. The van der Waals surface area contributed by atoms with Gasteiger partial charge in [0, 0.05) is 24.6 Å². The van der Waals surface area contributed by atoms with E-state index in [9.17, 15) is 5.11 Å². The highest BCUT2D eigenvalue weighted by atomic mass is 16.3. The number of hydrogen-bond donors (Lipinski definition) is 2. The van der Waals surface area contributed by atoms with Gasteiger partial charge in [0.05, 0.1) is 0 Å². The molecule has 0 saturated heterocycles. The minimum Gasteiger partial charge on any atom is -0.396 e. The number of hydrogen-bond acceptors (Lipinski definition) is 2. The summed E-state index contributed by atoms with van der Waals surface area (Å²) in [6.45, 7) is 8.18. The number of nitrogens with one attached hydrogen (secondary N) is 1. The molecule has 0 aliphatic heterocycles. The second kappa shape index (κ2) is 6.61. The Morgan fingerprint density at radius 1 is 1.12 bits per heavy atom. The standard InChI is InChI=1S/C14H29NO/c1-12(2)6-7-13(3)15-10-14(11-16)8-4-5-9-14/h12-13,15-16H,4-11H2,1-3H3. The van der Waals surface area contributed by atoms with Gasteiger partial charge in [0.25, 0.3) is 0 Å². The fourth-order valence-electron chi connectivity index (χ4n) is 2.59. The van der Waals surface area contributed by atoms with E-state index in [-0.39, 0.29) is 5.41 Å². The van der Waals surface area contributed by atoms with E-state index in [1.54, 1.807) is 0 Å². The van der Waals surface area contributed by atoms with E-state index in [2.05, 4.69) is 26.1 Å². The Morgan fingerprint density at radius 2 is 1.75 bits per heavy atom. The highest BCUT2D eigenvalue weighted by Gasteiger charge is 2.32. The average molecular weight is 227 g/mol. The van der Waals surface area contributed by atoms with Crippen molar-refractivity contribution < 1.29 is 5.11 Å². The molecule has 16 heavy (non-hydrogen) atoms. The van der Waals surface area contributed by atoms with Crippen molar-refractivity contribution in [3.8, 4) is 0 Å². The normalized spacial score (nSPS) is 21.6. The molecule has 2 heteroatoms. The van der Waals surface area contributed by atoms with Crippen LogP contribution in [-0.4, -0.2) is 24.3 Å². The molecule has 1 aliphatic rings. The summed E-state index contributed by atoms with van der Waals surface area (Å²) < 4.78 is 0. The van der Waals surface area contributed by atoms with E-state index in [1.807, 2.05) is 0 Å². The molecule has 0 aromatic rings. The Hall–Kier alpha value is -0.0800. The summed E-state index contributed by atoms with van der Waals surface area (Å²) in [5, 5.41) is 13.1. The molecule has 0 heterocycles. The Balaban J connectivity index is 2.21. The van der Waals surface area contributed by atoms with Crippen molar-refractivity contribution in [3.05, 3.63) is 0 Å². The van der Waals surface area contributed by atoms with Crippen LogP contribution in [0.4, 0.5) is 0 Å². The molecular weight excluding hydrogens is 198 g/mol. The SMILES string of the molecule is CC(C)CCC(C)NCC1(CO)CCCC1. The molecule has 0 spiro atoms. The second-order valence-corrected chi connectivity index (χ2v) is 6.12. The van der Waals surface area contributed by atoms with Gasteiger partial charge in [-0.3, -0.25) is 0 Å². The molecule has 1 saturated carbocycles. The highest BCUT2D eigenvalue weighted by Crippen LogP contribution is 2.37. The third kappa shape index (κ3) is 4.42. The summed E-state index contributed by atoms with van der Waals surface area (Å²) in [4.78, 5) is 0. The van der Waals surface area contributed by atoms with Crippen molar-refractivity contribution in [1.29, 1.82) is 0 Å². The third-order valence-electron chi connectivity index (χ3n) is 4.00. The molecule has 1 atom stereocenters.